The van der Waals surface area contributed by atoms with Gasteiger partial charge in [-0.15, -0.1) is 0 Å². The number of amides is 2. The number of halogens is 1. The molecule has 0 heterocycles. The van der Waals surface area contributed by atoms with Gasteiger partial charge in [0.15, 0.2) is 0 Å². The Balaban J connectivity index is 2.48. The molecule has 9 heteroatoms. The number of benzene rings is 2. The first-order chi connectivity index (χ1) is 16.3. The molecule has 0 fully saturated rings. The second-order valence-corrected chi connectivity index (χ2v) is 11.5. The van der Waals surface area contributed by atoms with E-state index in [1.165, 1.54) is 4.90 Å². The fraction of sp³-hybridized carbons (Fsp3) is 0.462. The second kappa shape index (κ2) is 12.4. The van der Waals surface area contributed by atoms with E-state index in [2.05, 4.69) is 5.32 Å². The standard InChI is InChI=1S/C26H36ClN3O4S/c1-7-23(26(32)28-15-18(2)3)29(16-21-10-8-9-11-22(21)27)25(31)17-30(35(6,33)34)24-14-19(4)12-13-20(24)5/h8-14,18,23H,7,15-17H2,1-6H3,(H,28,32)/t23-/m0/s1. The summed E-state index contributed by atoms with van der Waals surface area (Å²) in [6, 6.07) is 11.8. The molecule has 192 valence electrons. The summed E-state index contributed by atoms with van der Waals surface area (Å²) in [6.07, 6.45) is 1.44. The maximum atomic E-state index is 13.7. The van der Waals surface area contributed by atoms with Gasteiger partial charge in [-0.1, -0.05) is 62.7 Å². The molecule has 0 aliphatic carbocycles. The lowest BCUT2D eigenvalue weighted by Gasteiger charge is -2.33. The van der Waals surface area contributed by atoms with Crippen LogP contribution in [0.1, 0.15) is 43.9 Å². The van der Waals surface area contributed by atoms with E-state index in [4.69, 9.17) is 11.6 Å². The summed E-state index contributed by atoms with van der Waals surface area (Å²) < 4.78 is 26.7. The molecule has 35 heavy (non-hydrogen) atoms. The highest BCUT2D eigenvalue weighted by Crippen LogP contribution is 2.25. The molecule has 0 saturated carbocycles. The Labute approximate surface area is 214 Å². The number of hydrogen-bond donors (Lipinski definition) is 1. The van der Waals surface area contributed by atoms with E-state index < -0.39 is 28.5 Å². The third kappa shape index (κ3) is 7.97. The lowest BCUT2D eigenvalue weighted by Crippen LogP contribution is -2.52. The molecule has 0 aromatic heterocycles. The lowest BCUT2D eigenvalue weighted by atomic mass is 10.1. The lowest BCUT2D eigenvalue weighted by molar-refractivity contribution is -0.140. The predicted octanol–water partition coefficient (Wildman–Crippen LogP) is 4.30. The van der Waals surface area contributed by atoms with E-state index in [1.807, 2.05) is 45.9 Å². The van der Waals surface area contributed by atoms with Gasteiger partial charge in [-0.25, -0.2) is 8.42 Å². The fourth-order valence-electron chi connectivity index (χ4n) is 3.74. The Hall–Kier alpha value is -2.58. The van der Waals surface area contributed by atoms with Crippen molar-refractivity contribution in [2.24, 2.45) is 5.92 Å². The largest absolute Gasteiger partial charge is 0.354 e. The first-order valence-electron chi connectivity index (χ1n) is 11.7. The van der Waals surface area contributed by atoms with Gasteiger partial charge in [0.25, 0.3) is 0 Å². The maximum Gasteiger partial charge on any atom is 0.244 e. The van der Waals surface area contributed by atoms with Crippen molar-refractivity contribution in [2.45, 2.75) is 53.6 Å². The molecule has 0 saturated heterocycles. The highest BCUT2D eigenvalue weighted by Gasteiger charge is 2.32. The zero-order valence-electron chi connectivity index (χ0n) is 21.3. The summed E-state index contributed by atoms with van der Waals surface area (Å²) in [5.74, 6) is -0.517. The number of rotatable bonds is 11. The van der Waals surface area contributed by atoms with E-state index in [0.717, 1.165) is 21.7 Å². The van der Waals surface area contributed by atoms with Crippen LogP contribution in [-0.4, -0.2) is 50.5 Å². The Morgan fingerprint density at radius 3 is 2.31 bits per heavy atom. The molecule has 0 spiro atoms. The van der Waals surface area contributed by atoms with Gasteiger partial charge in [0.05, 0.1) is 11.9 Å². The third-order valence-electron chi connectivity index (χ3n) is 5.68. The normalized spacial score (nSPS) is 12.3. The van der Waals surface area contributed by atoms with Crippen LogP contribution in [-0.2, 0) is 26.2 Å². The van der Waals surface area contributed by atoms with E-state index in [0.29, 0.717) is 29.2 Å². The van der Waals surface area contributed by atoms with Gasteiger partial charge in [0.1, 0.15) is 12.6 Å². The number of nitrogens with one attached hydrogen (secondary N) is 1. The number of anilines is 1. The monoisotopic (exact) mass is 521 g/mol. The smallest absolute Gasteiger partial charge is 0.244 e. The van der Waals surface area contributed by atoms with Crippen molar-refractivity contribution in [2.75, 3.05) is 23.7 Å². The number of aryl methyl sites for hydroxylation is 2. The van der Waals surface area contributed by atoms with Crippen molar-refractivity contribution >= 4 is 39.1 Å². The Morgan fingerprint density at radius 1 is 1.09 bits per heavy atom. The minimum atomic E-state index is -3.78. The molecule has 0 bridgehead atoms. The summed E-state index contributed by atoms with van der Waals surface area (Å²) in [7, 11) is -3.78. The van der Waals surface area contributed by atoms with Gasteiger partial charge >= 0.3 is 0 Å². The van der Waals surface area contributed by atoms with Gasteiger partial charge in [0, 0.05) is 18.1 Å². The van der Waals surface area contributed by atoms with Crippen molar-refractivity contribution in [1.29, 1.82) is 0 Å². The topological polar surface area (TPSA) is 86.8 Å². The van der Waals surface area contributed by atoms with E-state index >= 15 is 0 Å². The van der Waals surface area contributed by atoms with Crippen LogP contribution in [0, 0.1) is 19.8 Å². The maximum absolute atomic E-state index is 13.7. The van der Waals surface area contributed by atoms with Crippen LogP contribution in [0.3, 0.4) is 0 Å². The molecule has 2 amide bonds. The van der Waals surface area contributed by atoms with E-state index in [9.17, 15) is 18.0 Å². The van der Waals surface area contributed by atoms with Gasteiger partial charge in [-0.2, -0.15) is 0 Å². The first kappa shape index (κ1) is 28.7. The fourth-order valence-corrected chi connectivity index (χ4v) is 4.83. The second-order valence-electron chi connectivity index (χ2n) is 9.24. The Morgan fingerprint density at radius 2 is 1.74 bits per heavy atom. The summed E-state index contributed by atoms with van der Waals surface area (Å²) in [6.45, 7) is 9.59. The molecule has 1 N–H and O–H groups in total. The van der Waals surface area contributed by atoms with Crippen molar-refractivity contribution in [3.63, 3.8) is 0 Å². The van der Waals surface area contributed by atoms with Crippen LogP contribution in [0.5, 0.6) is 0 Å². The van der Waals surface area contributed by atoms with E-state index in [1.54, 1.807) is 31.2 Å². The average Bonchev–Trinajstić information content (AvgIpc) is 2.78. The Kier molecular flexibility index (Phi) is 10.2. The molecule has 7 nitrogen and oxygen atoms in total. The van der Waals surface area contributed by atoms with Gasteiger partial charge in [-0.05, 0) is 55.0 Å². The van der Waals surface area contributed by atoms with Crippen LogP contribution in [0.4, 0.5) is 5.69 Å². The first-order valence-corrected chi connectivity index (χ1v) is 13.9. The SMILES string of the molecule is CC[C@@H](C(=O)NCC(C)C)N(Cc1ccccc1Cl)C(=O)CN(c1cc(C)ccc1C)S(C)(=O)=O. The summed E-state index contributed by atoms with van der Waals surface area (Å²) in [4.78, 5) is 28.2. The molecule has 1 atom stereocenters. The van der Waals surface area contributed by atoms with Crippen LogP contribution in [0.2, 0.25) is 5.02 Å². The highest BCUT2D eigenvalue weighted by atomic mass is 35.5. The van der Waals surface area contributed by atoms with Crippen LogP contribution in [0.15, 0.2) is 42.5 Å². The van der Waals surface area contributed by atoms with Crippen molar-refractivity contribution in [1.82, 2.24) is 10.2 Å². The highest BCUT2D eigenvalue weighted by molar-refractivity contribution is 7.92. The Bertz CT molecular complexity index is 1150. The molecule has 2 aromatic carbocycles. The van der Waals surface area contributed by atoms with Gasteiger partial charge < -0.3 is 10.2 Å². The summed E-state index contributed by atoms with van der Waals surface area (Å²) in [5.41, 5.74) is 2.72. The summed E-state index contributed by atoms with van der Waals surface area (Å²) in [5, 5.41) is 3.37. The van der Waals surface area contributed by atoms with Crippen molar-refractivity contribution < 1.29 is 18.0 Å². The van der Waals surface area contributed by atoms with Gasteiger partial charge in [-0.3, -0.25) is 13.9 Å². The third-order valence-corrected chi connectivity index (χ3v) is 7.18. The number of sulfonamides is 1. The van der Waals surface area contributed by atoms with Crippen LogP contribution in [0.25, 0.3) is 0 Å². The number of nitrogens with zero attached hydrogens (tertiary/aromatic N) is 2. The average molecular weight is 522 g/mol. The number of carbonyl (C=O) groups is 2. The molecule has 2 rings (SSSR count). The zero-order valence-corrected chi connectivity index (χ0v) is 22.9. The number of carbonyl (C=O) groups excluding carboxylic acids is 2. The molecule has 2 aromatic rings. The van der Waals surface area contributed by atoms with Gasteiger partial charge in [0.2, 0.25) is 21.8 Å². The van der Waals surface area contributed by atoms with Crippen LogP contribution >= 0.6 is 11.6 Å². The predicted molar refractivity (Wildman–Crippen MR) is 142 cm³/mol. The molecular weight excluding hydrogens is 486 g/mol. The molecule has 0 unspecified atom stereocenters. The molecular formula is C26H36ClN3O4S. The minimum Gasteiger partial charge on any atom is -0.354 e. The number of hydrogen-bond acceptors (Lipinski definition) is 4. The molecule has 0 aliphatic heterocycles. The molecule has 0 aliphatic rings. The van der Waals surface area contributed by atoms with Crippen molar-refractivity contribution in [3.8, 4) is 0 Å². The quantitative estimate of drug-likeness (QED) is 0.477. The van der Waals surface area contributed by atoms with Crippen LogP contribution < -0.4 is 9.62 Å². The minimum absolute atomic E-state index is 0.0799. The zero-order chi connectivity index (χ0) is 26.3. The summed E-state index contributed by atoms with van der Waals surface area (Å²) >= 11 is 6.37. The molecule has 0 radical (unpaired) electrons. The van der Waals surface area contributed by atoms with E-state index in [-0.39, 0.29) is 18.4 Å². The van der Waals surface area contributed by atoms with Crippen molar-refractivity contribution in [3.05, 3.63) is 64.2 Å².